The number of benzene rings is 2. The zero-order valence-electron chi connectivity index (χ0n) is 12.1. The van der Waals surface area contributed by atoms with Crippen molar-refractivity contribution in [3.63, 3.8) is 0 Å². The van der Waals surface area contributed by atoms with Crippen LogP contribution in [-0.4, -0.2) is 13.1 Å². The van der Waals surface area contributed by atoms with E-state index in [9.17, 15) is 0 Å². The molecule has 0 saturated heterocycles. The third-order valence-electron chi connectivity index (χ3n) is 3.79. The first kappa shape index (κ1) is 13.8. The molecule has 100 valence electrons. The number of hydrogen-bond acceptors (Lipinski definition) is 1. The predicted molar refractivity (Wildman–Crippen MR) is 82.6 cm³/mol. The van der Waals surface area contributed by atoms with E-state index in [1.54, 1.807) is 0 Å². The predicted octanol–water partition coefficient (Wildman–Crippen LogP) is 3.68. The van der Waals surface area contributed by atoms with Crippen molar-refractivity contribution >= 4 is 0 Å². The molecule has 0 aliphatic carbocycles. The van der Waals surface area contributed by atoms with Crippen LogP contribution in [0.1, 0.15) is 22.3 Å². The van der Waals surface area contributed by atoms with Crippen molar-refractivity contribution in [2.24, 2.45) is 0 Å². The average molecular weight is 253 g/mol. The van der Waals surface area contributed by atoms with Crippen LogP contribution in [0.5, 0.6) is 0 Å². The molecule has 0 bridgehead atoms. The minimum Gasteiger partial charge on any atom is -0.316 e. The van der Waals surface area contributed by atoms with Gasteiger partial charge in [-0.05, 0) is 56.0 Å². The highest BCUT2D eigenvalue weighted by molar-refractivity contribution is 5.30. The highest BCUT2D eigenvalue weighted by Gasteiger charge is 2.08. The Kier molecular flexibility index (Phi) is 4.75. The molecule has 1 unspecified atom stereocenters. The van der Waals surface area contributed by atoms with Gasteiger partial charge in [-0.25, -0.2) is 0 Å². The minimum atomic E-state index is 0.490. The summed E-state index contributed by atoms with van der Waals surface area (Å²) in [5.74, 6) is 0. The van der Waals surface area contributed by atoms with Crippen LogP contribution in [0, 0.1) is 13.8 Å². The Morgan fingerprint density at radius 3 is 2.16 bits per heavy atom. The van der Waals surface area contributed by atoms with Crippen molar-refractivity contribution in [3.05, 3.63) is 70.8 Å². The summed E-state index contributed by atoms with van der Waals surface area (Å²) in [5, 5.41) is 3.43. The average Bonchev–Trinajstić information content (AvgIpc) is 2.43. The van der Waals surface area contributed by atoms with Crippen LogP contribution in [-0.2, 0) is 12.8 Å². The Morgan fingerprint density at radius 1 is 0.842 bits per heavy atom. The molecule has 1 heteroatoms. The first-order valence-corrected chi connectivity index (χ1v) is 6.96. The maximum atomic E-state index is 3.43. The maximum absolute atomic E-state index is 3.43. The Balaban J connectivity index is 2.04. The number of aryl methyl sites for hydroxylation is 2. The van der Waals surface area contributed by atoms with Crippen LogP contribution in [0.15, 0.2) is 48.5 Å². The third kappa shape index (κ3) is 3.93. The fraction of sp³-hybridized carbons (Fsp3) is 0.333. The van der Waals surface area contributed by atoms with E-state index in [0.717, 1.165) is 12.8 Å². The van der Waals surface area contributed by atoms with Crippen molar-refractivity contribution in [1.82, 2.24) is 5.32 Å². The molecule has 1 atom stereocenters. The standard InChI is InChI=1S/C18H23N/c1-14-9-10-17(11-15(14)2)13-18(19-3)12-16-7-5-4-6-8-16/h4-11,18-19H,12-13H2,1-3H3. The number of nitrogens with one attached hydrogen (secondary N) is 1. The molecule has 0 fully saturated rings. The summed E-state index contributed by atoms with van der Waals surface area (Å²) in [5.41, 5.74) is 5.56. The normalized spacial score (nSPS) is 12.4. The molecule has 19 heavy (non-hydrogen) atoms. The van der Waals surface area contributed by atoms with Crippen LogP contribution in [0.2, 0.25) is 0 Å². The second-order valence-corrected chi connectivity index (χ2v) is 5.30. The van der Waals surface area contributed by atoms with E-state index in [1.165, 1.54) is 22.3 Å². The van der Waals surface area contributed by atoms with E-state index in [1.807, 2.05) is 0 Å². The van der Waals surface area contributed by atoms with Gasteiger partial charge >= 0.3 is 0 Å². The molecule has 2 aromatic carbocycles. The Hall–Kier alpha value is -1.60. The van der Waals surface area contributed by atoms with Gasteiger partial charge in [-0.2, -0.15) is 0 Å². The fourth-order valence-corrected chi connectivity index (χ4v) is 2.39. The maximum Gasteiger partial charge on any atom is 0.0145 e. The zero-order valence-corrected chi connectivity index (χ0v) is 12.1. The molecule has 0 spiro atoms. The van der Waals surface area contributed by atoms with Crippen molar-refractivity contribution in [1.29, 1.82) is 0 Å². The van der Waals surface area contributed by atoms with Gasteiger partial charge in [-0.3, -0.25) is 0 Å². The first-order valence-electron chi connectivity index (χ1n) is 6.96. The number of likely N-dealkylation sites (N-methyl/N-ethyl adjacent to an activating group) is 1. The third-order valence-corrected chi connectivity index (χ3v) is 3.79. The lowest BCUT2D eigenvalue weighted by Gasteiger charge is -2.17. The van der Waals surface area contributed by atoms with Crippen LogP contribution < -0.4 is 5.32 Å². The van der Waals surface area contributed by atoms with Crippen molar-refractivity contribution in [2.75, 3.05) is 7.05 Å². The zero-order chi connectivity index (χ0) is 13.7. The molecule has 1 nitrogen and oxygen atoms in total. The van der Waals surface area contributed by atoms with E-state index in [0.29, 0.717) is 6.04 Å². The van der Waals surface area contributed by atoms with Crippen LogP contribution in [0.4, 0.5) is 0 Å². The summed E-state index contributed by atoms with van der Waals surface area (Å²) < 4.78 is 0. The molecule has 0 amide bonds. The summed E-state index contributed by atoms with van der Waals surface area (Å²) in [6.45, 7) is 4.35. The lowest BCUT2D eigenvalue weighted by atomic mass is 9.97. The van der Waals surface area contributed by atoms with Crippen LogP contribution >= 0.6 is 0 Å². The molecule has 2 rings (SSSR count). The Morgan fingerprint density at radius 2 is 1.53 bits per heavy atom. The second-order valence-electron chi connectivity index (χ2n) is 5.30. The van der Waals surface area contributed by atoms with Crippen molar-refractivity contribution < 1.29 is 0 Å². The van der Waals surface area contributed by atoms with E-state index in [4.69, 9.17) is 0 Å². The lowest BCUT2D eigenvalue weighted by molar-refractivity contribution is 0.556. The molecular weight excluding hydrogens is 230 g/mol. The van der Waals surface area contributed by atoms with Gasteiger partial charge in [0, 0.05) is 6.04 Å². The first-order chi connectivity index (χ1) is 9.19. The van der Waals surface area contributed by atoms with Gasteiger partial charge in [-0.1, -0.05) is 48.5 Å². The summed E-state index contributed by atoms with van der Waals surface area (Å²) in [6, 6.07) is 18.0. The Labute approximate surface area is 116 Å². The highest BCUT2D eigenvalue weighted by Crippen LogP contribution is 2.13. The minimum absolute atomic E-state index is 0.490. The summed E-state index contributed by atoms with van der Waals surface area (Å²) in [6.07, 6.45) is 2.15. The fourth-order valence-electron chi connectivity index (χ4n) is 2.39. The van der Waals surface area contributed by atoms with Gasteiger partial charge in [0.05, 0.1) is 0 Å². The van der Waals surface area contributed by atoms with Gasteiger partial charge in [0.25, 0.3) is 0 Å². The summed E-state index contributed by atoms with van der Waals surface area (Å²) in [7, 11) is 2.05. The molecule has 0 aromatic heterocycles. The Bertz CT molecular complexity index is 516. The molecule has 0 radical (unpaired) electrons. The van der Waals surface area contributed by atoms with Gasteiger partial charge in [0.2, 0.25) is 0 Å². The molecule has 0 saturated carbocycles. The largest absolute Gasteiger partial charge is 0.316 e. The van der Waals surface area contributed by atoms with Crippen molar-refractivity contribution in [2.45, 2.75) is 32.7 Å². The summed E-state index contributed by atoms with van der Waals surface area (Å²) in [4.78, 5) is 0. The van der Waals surface area contributed by atoms with Gasteiger partial charge in [-0.15, -0.1) is 0 Å². The quantitative estimate of drug-likeness (QED) is 0.857. The van der Waals surface area contributed by atoms with Gasteiger partial charge in [0.15, 0.2) is 0 Å². The topological polar surface area (TPSA) is 12.0 Å². The number of hydrogen-bond donors (Lipinski definition) is 1. The molecule has 0 aliphatic rings. The van der Waals surface area contributed by atoms with Crippen molar-refractivity contribution in [3.8, 4) is 0 Å². The monoisotopic (exact) mass is 253 g/mol. The molecular formula is C18H23N. The molecule has 0 aliphatic heterocycles. The molecule has 1 N–H and O–H groups in total. The second kappa shape index (κ2) is 6.53. The summed E-state index contributed by atoms with van der Waals surface area (Å²) >= 11 is 0. The van der Waals surface area contributed by atoms with Gasteiger partial charge < -0.3 is 5.32 Å². The van der Waals surface area contributed by atoms with E-state index in [2.05, 4.69) is 74.7 Å². The van der Waals surface area contributed by atoms with Crippen LogP contribution in [0.3, 0.4) is 0 Å². The van der Waals surface area contributed by atoms with E-state index >= 15 is 0 Å². The van der Waals surface area contributed by atoms with Gasteiger partial charge in [0.1, 0.15) is 0 Å². The SMILES string of the molecule is CNC(Cc1ccccc1)Cc1ccc(C)c(C)c1. The van der Waals surface area contributed by atoms with E-state index in [-0.39, 0.29) is 0 Å². The lowest BCUT2D eigenvalue weighted by Crippen LogP contribution is -2.29. The van der Waals surface area contributed by atoms with E-state index < -0.39 is 0 Å². The molecule has 0 heterocycles. The number of rotatable bonds is 5. The van der Waals surface area contributed by atoms with Crippen LogP contribution in [0.25, 0.3) is 0 Å². The molecule has 2 aromatic rings. The highest BCUT2D eigenvalue weighted by atomic mass is 14.9. The smallest absolute Gasteiger partial charge is 0.0145 e.